The fraction of sp³-hybridized carbons (Fsp3) is 0.600. The number of aryl methyl sites for hydroxylation is 2. The molecule has 0 saturated heterocycles. The molecule has 0 saturated carbocycles. The molecule has 3 rings (SSSR count). The van der Waals surface area contributed by atoms with Crippen LogP contribution in [0.4, 0.5) is 10.5 Å². The number of anilines is 1. The van der Waals surface area contributed by atoms with Crippen LogP contribution in [-0.2, 0) is 40.5 Å². The van der Waals surface area contributed by atoms with Crippen molar-refractivity contribution >= 4 is 27.6 Å². The third-order valence-corrected chi connectivity index (χ3v) is 6.98. The Balaban J connectivity index is 1.58. The van der Waals surface area contributed by atoms with E-state index in [2.05, 4.69) is 16.1 Å². The van der Waals surface area contributed by atoms with E-state index in [1.54, 1.807) is 11.9 Å². The summed E-state index contributed by atoms with van der Waals surface area (Å²) in [4.78, 5) is 25.1. The summed E-state index contributed by atoms with van der Waals surface area (Å²) in [7, 11) is -2.03. The van der Waals surface area contributed by atoms with Crippen molar-refractivity contribution in [3.8, 4) is 0 Å². The number of fused-ring (bicyclic) bond motifs is 2. The minimum absolute atomic E-state index is 0.0525. The van der Waals surface area contributed by atoms with Crippen LogP contribution in [0.25, 0.3) is 0 Å². The Morgan fingerprint density at radius 2 is 1.64 bits per heavy atom. The molecule has 2 aliphatic carbocycles. The number of rotatable bonds is 7. The molecule has 0 heterocycles. The van der Waals surface area contributed by atoms with E-state index in [0.717, 1.165) is 44.2 Å². The van der Waals surface area contributed by atoms with E-state index < -0.39 is 16.1 Å². The maximum atomic E-state index is 12.4. The topological polar surface area (TPSA) is 95.6 Å². The van der Waals surface area contributed by atoms with E-state index in [1.807, 2.05) is 0 Å². The van der Waals surface area contributed by atoms with Crippen molar-refractivity contribution < 1.29 is 18.0 Å². The van der Waals surface area contributed by atoms with Gasteiger partial charge in [0.1, 0.15) is 0 Å². The van der Waals surface area contributed by atoms with Gasteiger partial charge in [-0.25, -0.2) is 17.9 Å². The summed E-state index contributed by atoms with van der Waals surface area (Å²) in [5.41, 5.74) is 5.74. The second-order valence-electron chi connectivity index (χ2n) is 7.76. The van der Waals surface area contributed by atoms with Crippen molar-refractivity contribution in [3.63, 3.8) is 0 Å². The Labute approximate surface area is 166 Å². The average molecular weight is 408 g/mol. The molecule has 2 aliphatic rings. The maximum Gasteiger partial charge on any atom is 0.332 e. The molecule has 0 bridgehead atoms. The number of nitrogens with one attached hydrogen (secondary N) is 2. The normalized spacial score (nSPS) is 15.1. The van der Waals surface area contributed by atoms with Crippen LogP contribution in [0.2, 0.25) is 0 Å². The number of sulfonamides is 1. The number of nitrogens with zero attached hydrogens (tertiary/aromatic N) is 1. The van der Waals surface area contributed by atoms with E-state index >= 15 is 0 Å². The van der Waals surface area contributed by atoms with Gasteiger partial charge < -0.3 is 10.2 Å². The number of benzene rings is 1. The summed E-state index contributed by atoms with van der Waals surface area (Å²) < 4.78 is 26.6. The Morgan fingerprint density at radius 3 is 2.21 bits per heavy atom. The summed E-state index contributed by atoms with van der Waals surface area (Å²) in [5, 5.41) is 2.84. The van der Waals surface area contributed by atoms with Crippen LogP contribution in [-0.4, -0.2) is 44.6 Å². The number of carbonyl (C=O) groups is 2. The van der Waals surface area contributed by atoms with Crippen molar-refractivity contribution in [1.82, 2.24) is 9.62 Å². The third-order valence-electron chi connectivity index (χ3n) is 5.65. The van der Waals surface area contributed by atoms with Crippen molar-refractivity contribution in [1.29, 1.82) is 0 Å². The van der Waals surface area contributed by atoms with Gasteiger partial charge in [-0.05, 0) is 73.6 Å². The molecule has 1 aromatic carbocycles. The lowest BCUT2D eigenvalue weighted by atomic mass is 9.99. The lowest BCUT2D eigenvalue weighted by Gasteiger charge is -2.17. The summed E-state index contributed by atoms with van der Waals surface area (Å²) in [6.45, 7) is 1.97. The third kappa shape index (κ3) is 4.84. The number of urea groups is 1. The first-order valence-corrected chi connectivity index (χ1v) is 11.6. The zero-order valence-corrected chi connectivity index (χ0v) is 17.5. The quantitative estimate of drug-likeness (QED) is 0.679. The molecular weight excluding hydrogens is 378 g/mol. The number of unbranched alkanes of at least 4 members (excludes halogenated alkanes) is 1. The highest BCUT2D eigenvalue weighted by Crippen LogP contribution is 2.38. The molecule has 0 fully saturated rings. The second-order valence-corrected chi connectivity index (χ2v) is 9.60. The molecule has 2 N–H and O–H groups in total. The average Bonchev–Trinajstić information content (AvgIpc) is 3.26. The summed E-state index contributed by atoms with van der Waals surface area (Å²) >= 11 is 0. The largest absolute Gasteiger partial charge is 0.346 e. The lowest BCUT2D eigenvalue weighted by molar-refractivity contribution is -0.127. The predicted molar refractivity (Wildman–Crippen MR) is 109 cm³/mol. The fourth-order valence-corrected chi connectivity index (χ4v) is 5.12. The van der Waals surface area contributed by atoms with Crippen LogP contribution >= 0.6 is 0 Å². The van der Waals surface area contributed by atoms with Gasteiger partial charge in [0.2, 0.25) is 15.9 Å². The molecule has 7 nitrogen and oxygen atoms in total. The molecule has 8 heteroatoms. The highest BCUT2D eigenvalue weighted by Gasteiger charge is 2.25. The molecule has 0 aromatic heterocycles. The number of hydrogen-bond acceptors (Lipinski definition) is 4. The van der Waals surface area contributed by atoms with E-state index in [0.29, 0.717) is 19.4 Å². The Kier molecular flexibility index (Phi) is 6.27. The molecular formula is C20H29N3O4S. The van der Waals surface area contributed by atoms with E-state index in [9.17, 15) is 18.0 Å². The minimum Gasteiger partial charge on any atom is -0.346 e. The molecule has 1 aromatic rings. The minimum atomic E-state index is -3.71. The van der Waals surface area contributed by atoms with Crippen molar-refractivity contribution in [3.05, 3.63) is 28.3 Å². The van der Waals surface area contributed by atoms with Gasteiger partial charge >= 0.3 is 6.03 Å². The zero-order chi connectivity index (χ0) is 20.3. The fourth-order valence-electron chi connectivity index (χ4n) is 4.10. The van der Waals surface area contributed by atoms with Crippen molar-refractivity contribution in [2.24, 2.45) is 0 Å². The van der Waals surface area contributed by atoms with Crippen molar-refractivity contribution in [2.45, 2.75) is 58.3 Å². The van der Waals surface area contributed by atoms with Crippen LogP contribution in [0.1, 0.15) is 54.9 Å². The summed E-state index contributed by atoms with van der Waals surface area (Å²) in [5.74, 6) is -0.194. The van der Waals surface area contributed by atoms with E-state index in [4.69, 9.17) is 0 Å². The second kappa shape index (κ2) is 8.51. The monoisotopic (exact) mass is 407 g/mol. The molecule has 154 valence electrons. The highest BCUT2D eigenvalue weighted by atomic mass is 32.2. The van der Waals surface area contributed by atoms with Crippen LogP contribution in [0.15, 0.2) is 6.07 Å². The lowest BCUT2D eigenvalue weighted by Crippen LogP contribution is -2.36. The SMILES string of the molecule is CC(=O)N(C)CCCCS(=O)(=O)NC(=O)Nc1c2c(cc3c1CCC3)CCC2. The number of hydrogen-bond donors (Lipinski definition) is 2. The summed E-state index contributed by atoms with van der Waals surface area (Å²) in [6, 6.07) is 1.58. The van der Waals surface area contributed by atoms with Gasteiger partial charge in [0.15, 0.2) is 0 Å². The summed E-state index contributed by atoms with van der Waals surface area (Å²) in [6.07, 6.45) is 6.98. The number of carbonyl (C=O) groups excluding carboxylic acids is 2. The first kappa shape index (κ1) is 20.6. The Morgan fingerprint density at radius 1 is 1.04 bits per heavy atom. The van der Waals surface area contributed by atoms with Gasteiger partial charge in [0.05, 0.1) is 5.75 Å². The molecule has 0 radical (unpaired) electrons. The van der Waals surface area contributed by atoms with Crippen LogP contribution in [0.3, 0.4) is 0 Å². The molecule has 0 atom stereocenters. The van der Waals surface area contributed by atoms with Gasteiger partial charge in [-0.1, -0.05) is 6.07 Å². The van der Waals surface area contributed by atoms with Gasteiger partial charge in [-0.2, -0.15) is 0 Å². The molecule has 28 heavy (non-hydrogen) atoms. The molecule has 0 aliphatic heterocycles. The first-order chi connectivity index (χ1) is 13.3. The van der Waals surface area contributed by atoms with E-state index in [1.165, 1.54) is 29.2 Å². The Hall–Kier alpha value is -2.09. The van der Waals surface area contributed by atoms with Gasteiger partial charge in [0, 0.05) is 26.2 Å². The molecule has 0 spiro atoms. The predicted octanol–water partition coefficient (Wildman–Crippen LogP) is 2.37. The first-order valence-electron chi connectivity index (χ1n) is 9.96. The zero-order valence-electron chi connectivity index (χ0n) is 16.6. The van der Waals surface area contributed by atoms with Gasteiger partial charge in [0.25, 0.3) is 0 Å². The van der Waals surface area contributed by atoms with Crippen LogP contribution in [0, 0.1) is 0 Å². The number of amides is 3. The standard InChI is InChI=1S/C20H29N3O4S/c1-14(24)23(2)11-3-4-12-28(26,27)22-20(25)21-19-17-9-5-7-15(17)13-16-8-6-10-18(16)19/h13H,3-12H2,1-2H3,(H2,21,22,25). The van der Waals surface area contributed by atoms with Crippen LogP contribution < -0.4 is 10.0 Å². The highest BCUT2D eigenvalue weighted by molar-refractivity contribution is 7.90. The van der Waals surface area contributed by atoms with Crippen LogP contribution in [0.5, 0.6) is 0 Å². The molecule has 3 amide bonds. The van der Waals surface area contributed by atoms with E-state index in [-0.39, 0.29) is 11.7 Å². The Bertz CT molecular complexity index is 848. The molecule has 0 unspecified atom stereocenters. The van der Waals surface area contributed by atoms with Crippen molar-refractivity contribution in [2.75, 3.05) is 24.7 Å². The smallest absolute Gasteiger partial charge is 0.332 e. The van der Waals surface area contributed by atoms with Gasteiger partial charge in [-0.3, -0.25) is 4.79 Å². The van der Waals surface area contributed by atoms with Gasteiger partial charge in [-0.15, -0.1) is 0 Å². The maximum absolute atomic E-state index is 12.4.